The molecule has 1 aliphatic heterocycles. The third-order valence-electron chi connectivity index (χ3n) is 6.05. The number of carbonyl (C=O) groups excluding carboxylic acids is 1. The highest BCUT2D eigenvalue weighted by atomic mass is 35.5. The summed E-state index contributed by atoms with van der Waals surface area (Å²) in [6.45, 7) is 9.85. The molecule has 0 saturated carbocycles. The zero-order valence-electron chi connectivity index (χ0n) is 19.4. The first-order chi connectivity index (χ1) is 14.7. The lowest BCUT2D eigenvalue weighted by Gasteiger charge is -2.29. The van der Waals surface area contributed by atoms with Crippen LogP contribution in [0.1, 0.15) is 41.8 Å². The van der Waals surface area contributed by atoms with Gasteiger partial charge in [0, 0.05) is 31.2 Å². The molecule has 178 valence electrons. The monoisotopic (exact) mass is 481 g/mol. The highest BCUT2D eigenvalue weighted by Crippen LogP contribution is 2.21. The van der Waals surface area contributed by atoms with Crippen molar-refractivity contribution in [3.05, 3.63) is 65.2 Å². The number of hydrogen-bond donors (Lipinski definition) is 1. The Morgan fingerprint density at radius 3 is 2.34 bits per heavy atom. The zero-order chi connectivity index (χ0) is 21.3. The lowest BCUT2D eigenvalue weighted by atomic mass is 10.1. The van der Waals surface area contributed by atoms with Gasteiger partial charge in [-0.2, -0.15) is 0 Å². The maximum absolute atomic E-state index is 13.4. The lowest BCUT2D eigenvalue weighted by Crippen LogP contribution is -2.42. The van der Waals surface area contributed by atoms with Crippen LogP contribution in [-0.2, 0) is 13.0 Å². The maximum atomic E-state index is 13.4. The van der Waals surface area contributed by atoms with E-state index in [-0.39, 0.29) is 36.8 Å². The molecule has 1 atom stereocenters. The Labute approximate surface area is 205 Å². The van der Waals surface area contributed by atoms with Gasteiger partial charge in [0.1, 0.15) is 5.75 Å². The number of amides is 1. The largest absolute Gasteiger partial charge is 0.496 e. The Morgan fingerprint density at radius 2 is 1.75 bits per heavy atom. The summed E-state index contributed by atoms with van der Waals surface area (Å²) in [5, 5.41) is 3.40. The predicted octanol–water partition coefficient (Wildman–Crippen LogP) is 4.43. The summed E-state index contributed by atoms with van der Waals surface area (Å²) >= 11 is 0. The first kappa shape index (κ1) is 28.2. The SMILES string of the molecule is CCN(CC)Cc1ccc(C(=O)N(CCc2ccccc2OC)C2CCNC2)cc1.Cl.Cl. The predicted molar refractivity (Wildman–Crippen MR) is 137 cm³/mol. The van der Waals surface area contributed by atoms with E-state index in [2.05, 4.69) is 42.3 Å². The van der Waals surface area contributed by atoms with Crippen LogP contribution in [0.25, 0.3) is 0 Å². The second-order valence-corrected chi connectivity index (χ2v) is 7.87. The van der Waals surface area contributed by atoms with Crippen LogP contribution in [-0.4, -0.2) is 61.6 Å². The molecule has 1 N–H and O–H groups in total. The number of carbonyl (C=O) groups is 1. The number of methoxy groups -OCH3 is 1. The van der Waals surface area contributed by atoms with Gasteiger partial charge in [-0.25, -0.2) is 0 Å². The van der Waals surface area contributed by atoms with Crippen molar-refractivity contribution in [3.8, 4) is 5.75 Å². The molecule has 7 heteroatoms. The summed E-state index contributed by atoms with van der Waals surface area (Å²) in [5.74, 6) is 1.00. The summed E-state index contributed by atoms with van der Waals surface area (Å²) in [7, 11) is 1.70. The van der Waals surface area contributed by atoms with E-state index in [4.69, 9.17) is 4.74 Å². The van der Waals surface area contributed by atoms with E-state index in [1.54, 1.807) is 7.11 Å². The molecule has 1 unspecified atom stereocenters. The Bertz CT molecular complexity index is 807. The molecule has 0 aromatic heterocycles. The van der Waals surface area contributed by atoms with E-state index in [0.29, 0.717) is 6.54 Å². The molecule has 2 aromatic carbocycles. The molecule has 2 aromatic rings. The number of nitrogens with zero attached hydrogens (tertiary/aromatic N) is 2. The number of benzene rings is 2. The van der Waals surface area contributed by atoms with Crippen LogP contribution in [0.4, 0.5) is 0 Å². The molecule has 1 fully saturated rings. The smallest absolute Gasteiger partial charge is 0.254 e. The molecule has 32 heavy (non-hydrogen) atoms. The van der Waals surface area contributed by atoms with Gasteiger partial charge in [0.2, 0.25) is 0 Å². The Balaban J connectivity index is 0.00000256. The van der Waals surface area contributed by atoms with Gasteiger partial charge in [-0.3, -0.25) is 9.69 Å². The standard InChI is InChI=1S/C25H35N3O2.2ClH/c1-4-27(5-2)19-20-10-12-22(13-11-20)25(29)28(23-14-16-26-18-23)17-15-21-8-6-7-9-24(21)30-3;;/h6-13,23,26H,4-5,14-19H2,1-3H3;2*1H. The van der Waals surface area contributed by atoms with Crippen molar-refractivity contribution in [2.75, 3.05) is 39.8 Å². The molecule has 1 saturated heterocycles. The summed E-state index contributed by atoms with van der Waals surface area (Å²) in [6.07, 6.45) is 1.78. The van der Waals surface area contributed by atoms with Crippen molar-refractivity contribution in [3.63, 3.8) is 0 Å². The minimum atomic E-state index is 0. The van der Waals surface area contributed by atoms with E-state index >= 15 is 0 Å². The van der Waals surface area contributed by atoms with E-state index in [0.717, 1.165) is 62.4 Å². The van der Waals surface area contributed by atoms with Gasteiger partial charge in [-0.05, 0) is 61.8 Å². The Kier molecular flexibility index (Phi) is 12.7. The second kappa shape index (κ2) is 14.4. The molecule has 1 aliphatic rings. The fraction of sp³-hybridized carbons (Fsp3) is 0.480. The van der Waals surface area contributed by atoms with Gasteiger partial charge in [-0.1, -0.05) is 44.2 Å². The van der Waals surface area contributed by atoms with Crippen LogP contribution in [0.5, 0.6) is 5.75 Å². The average Bonchev–Trinajstić information content (AvgIpc) is 3.32. The number of hydrogen-bond acceptors (Lipinski definition) is 4. The number of halogens is 2. The highest BCUT2D eigenvalue weighted by molar-refractivity contribution is 5.94. The van der Waals surface area contributed by atoms with Gasteiger partial charge in [0.25, 0.3) is 5.91 Å². The first-order valence-electron chi connectivity index (χ1n) is 11.1. The first-order valence-corrected chi connectivity index (χ1v) is 11.1. The van der Waals surface area contributed by atoms with Gasteiger partial charge in [-0.15, -0.1) is 24.8 Å². The third kappa shape index (κ3) is 7.38. The molecule has 0 spiro atoms. The van der Waals surface area contributed by atoms with Crippen LogP contribution in [0, 0.1) is 0 Å². The molecular weight excluding hydrogens is 445 g/mol. The van der Waals surface area contributed by atoms with Crippen molar-refractivity contribution >= 4 is 30.7 Å². The average molecular weight is 482 g/mol. The lowest BCUT2D eigenvalue weighted by molar-refractivity contribution is 0.0694. The van der Waals surface area contributed by atoms with Crippen molar-refractivity contribution in [1.82, 2.24) is 15.1 Å². The van der Waals surface area contributed by atoms with E-state index < -0.39 is 0 Å². The normalized spacial score (nSPS) is 15.1. The van der Waals surface area contributed by atoms with Crippen LogP contribution in [0.3, 0.4) is 0 Å². The van der Waals surface area contributed by atoms with Crippen molar-refractivity contribution in [1.29, 1.82) is 0 Å². The molecular formula is C25H37Cl2N3O2. The quantitative estimate of drug-likeness (QED) is 0.545. The molecule has 0 radical (unpaired) electrons. The molecule has 1 heterocycles. The molecule has 0 bridgehead atoms. The molecule has 3 rings (SSSR count). The Hall–Kier alpha value is -1.79. The van der Waals surface area contributed by atoms with Crippen LogP contribution in [0.2, 0.25) is 0 Å². The zero-order valence-corrected chi connectivity index (χ0v) is 21.0. The summed E-state index contributed by atoms with van der Waals surface area (Å²) in [5.41, 5.74) is 3.15. The fourth-order valence-corrected chi connectivity index (χ4v) is 4.13. The van der Waals surface area contributed by atoms with Crippen molar-refractivity contribution < 1.29 is 9.53 Å². The minimum absolute atomic E-state index is 0. The number of nitrogens with one attached hydrogen (secondary N) is 1. The number of ether oxygens (including phenoxy) is 1. The molecule has 1 amide bonds. The van der Waals surface area contributed by atoms with Crippen molar-refractivity contribution in [2.24, 2.45) is 0 Å². The number of para-hydroxylation sites is 1. The second-order valence-electron chi connectivity index (χ2n) is 7.87. The highest BCUT2D eigenvalue weighted by Gasteiger charge is 2.27. The van der Waals surface area contributed by atoms with E-state index in [1.807, 2.05) is 35.2 Å². The molecule has 5 nitrogen and oxygen atoms in total. The summed E-state index contributed by atoms with van der Waals surface area (Å²) in [6, 6.07) is 16.5. The minimum Gasteiger partial charge on any atom is -0.496 e. The van der Waals surface area contributed by atoms with Gasteiger partial charge in [0.05, 0.1) is 7.11 Å². The van der Waals surface area contributed by atoms with Crippen molar-refractivity contribution in [2.45, 2.75) is 39.3 Å². The molecule has 0 aliphatic carbocycles. The van der Waals surface area contributed by atoms with E-state index in [9.17, 15) is 4.79 Å². The maximum Gasteiger partial charge on any atom is 0.254 e. The van der Waals surface area contributed by atoms with E-state index in [1.165, 1.54) is 5.56 Å². The third-order valence-corrected chi connectivity index (χ3v) is 6.05. The van der Waals surface area contributed by atoms with Crippen LogP contribution in [0.15, 0.2) is 48.5 Å². The van der Waals surface area contributed by atoms with Gasteiger partial charge < -0.3 is 15.0 Å². The fourth-order valence-electron chi connectivity index (χ4n) is 4.13. The topological polar surface area (TPSA) is 44.8 Å². The van der Waals surface area contributed by atoms with Crippen LogP contribution < -0.4 is 10.1 Å². The number of rotatable bonds is 10. The van der Waals surface area contributed by atoms with Gasteiger partial charge in [0.15, 0.2) is 0 Å². The summed E-state index contributed by atoms with van der Waals surface area (Å²) < 4.78 is 5.49. The van der Waals surface area contributed by atoms with Gasteiger partial charge >= 0.3 is 0 Å². The van der Waals surface area contributed by atoms with Crippen LogP contribution >= 0.6 is 24.8 Å². The Morgan fingerprint density at radius 1 is 1.06 bits per heavy atom. The summed E-state index contributed by atoms with van der Waals surface area (Å²) in [4.78, 5) is 17.8.